The highest BCUT2D eigenvalue weighted by Gasteiger charge is 2.14. The molecule has 0 saturated carbocycles. The minimum absolute atomic E-state index is 0.0949. The number of furan rings is 1. The zero-order chi connectivity index (χ0) is 15.4. The van der Waals surface area contributed by atoms with Crippen LogP contribution in [0, 0.1) is 13.8 Å². The molecule has 0 aliphatic heterocycles. The van der Waals surface area contributed by atoms with Crippen molar-refractivity contribution in [1.82, 2.24) is 9.97 Å². The van der Waals surface area contributed by atoms with Gasteiger partial charge < -0.3 is 15.2 Å². The average Bonchev–Trinajstić information content (AvgIpc) is 2.78. The van der Waals surface area contributed by atoms with Crippen molar-refractivity contribution in [2.75, 3.05) is 10.7 Å². The van der Waals surface area contributed by atoms with Gasteiger partial charge in [0.25, 0.3) is 0 Å². The van der Waals surface area contributed by atoms with Crippen molar-refractivity contribution in [3.05, 3.63) is 35.0 Å². The summed E-state index contributed by atoms with van der Waals surface area (Å²) in [4.78, 5) is 8.86. The molecule has 1 atom stereocenters. The van der Waals surface area contributed by atoms with Crippen molar-refractivity contribution in [3.63, 3.8) is 0 Å². The first-order valence-corrected chi connectivity index (χ1v) is 7.21. The highest BCUT2D eigenvalue weighted by molar-refractivity contribution is 5.48. The number of hydrazine groups is 1. The van der Waals surface area contributed by atoms with Crippen LogP contribution in [0.4, 0.5) is 11.6 Å². The molecule has 0 amide bonds. The summed E-state index contributed by atoms with van der Waals surface area (Å²) in [5, 5.41) is 3.38. The summed E-state index contributed by atoms with van der Waals surface area (Å²) in [5.41, 5.74) is 3.72. The maximum Gasteiger partial charge on any atom is 0.145 e. The van der Waals surface area contributed by atoms with Crippen molar-refractivity contribution >= 4 is 11.6 Å². The Morgan fingerprint density at radius 1 is 1.24 bits per heavy atom. The fraction of sp³-hybridized carbons (Fsp3) is 0.467. The van der Waals surface area contributed by atoms with Crippen molar-refractivity contribution in [1.29, 1.82) is 0 Å². The fourth-order valence-corrected chi connectivity index (χ4v) is 2.36. The Hall–Kier alpha value is -2.08. The number of nitrogens with one attached hydrogen (secondary N) is 2. The third-order valence-corrected chi connectivity index (χ3v) is 3.30. The van der Waals surface area contributed by atoms with Crippen LogP contribution in [0.25, 0.3) is 0 Å². The van der Waals surface area contributed by atoms with Gasteiger partial charge in [-0.2, -0.15) is 0 Å². The van der Waals surface area contributed by atoms with Crippen LogP contribution in [0.1, 0.15) is 49.2 Å². The van der Waals surface area contributed by atoms with E-state index in [-0.39, 0.29) is 6.04 Å². The van der Waals surface area contributed by atoms with Crippen LogP contribution in [-0.2, 0) is 6.42 Å². The first-order chi connectivity index (χ1) is 10.0. The zero-order valence-corrected chi connectivity index (χ0v) is 13.0. The van der Waals surface area contributed by atoms with E-state index in [1.54, 1.807) is 6.07 Å². The third kappa shape index (κ3) is 3.72. The van der Waals surface area contributed by atoms with Crippen LogP contribution in [0.5, 0.6) is 0 Å². The largest absolute Gasteiger partial charge is 0.466 e. The van der Waals surface area contributed by atoms with Crippen LogP contribution in [0.3, 0.4) is 0 Å². The van der Waals surface area contributed by atoms with Crippen LogP contribution in [0.15, 0.2) is 16.5 Å². The van der Waals surface area contributed by atoms with E-state index in [1.165, 1.54) is 0 Å². The van der Waals surface area contributed by atoms with Gasteiger partial charge in [0.2, 0.25) is 0 Å². The van der Waals surface area contributed by atoms with Gasteiger partial charge in [0, 0.05) is 18.1 Å². The number of aromatic nitrogens is 2. The van der Waals surface area contributed by atoms with Crippen molar-refractivity contribution in [3.8, 4) is 0 Å². The summed E-state index contributed by atoms with van der Waals surface area (Å²) in [7, 11) is 0. The van der Waals surface area contributed by atoms with Gasteiger partial charge in [0.15, 0.2) is 0 Å². The number of nitrogens with two attached hydrogens (primary N) is 1. The Kier molecular flexibility index (Phi) is 4.80. The first kappa shape index (κ1) is 15.3. The van der Waals surface area contributed by atoms with Gasteiger partial charge in [-0.05, 0) is 33.3 Å². The van der Waals surface area contributed by atoms with Gasteiger partial charge in [0.05, 0.1) is 6.04 Å². The predicted molar refractivity (Wildman–Crippen MR) is 84.1 cm³/mol. The molecule has 4 N–H and O–H groups in total. The molecule has 6 heteroatoms. The number of hydrogen-bond donors (Lipinski definition) is 3. The Bertz CT molecular complexity index is 608. The van der Waals surface area contributed by atoms with E-state index in [2.05, 4.69) is 34.6 Å². The molecule has 21 heavy (non-hydrogen) atoms. The summed E-state index contributed by atoms with van der Waals surface area (Å²) in [6, 6.07) is 3.94. The lowest BCUT2D eigenvalue weighted by Crippen LogP contribution is -2.14. The molecular formula is C15H23N5O. The van der Waals surface area contributed by atoms with Crippen molar-refractivity contribution < 1.29 is 4.42 Å². The number of nitrogen functional groups attached to an aromatic ring is 1. The molecule has 0 aromatic carbocycles. The highest BCUT2D eigenvalue weighted by atomic mass is 16.3. The van der Waals surface area contributed by atoms with Crippen molar-refractivity contribution in [2.45, 2.75) is 46.6 Å². The number of aryl methyl sites for hydroxylation is 3. The lowest BCUT2D eigenvalue weighted by atomic mass is 10.1. The van der Waals surface area contributed by atoms with E-state index in [4.69, 9.17) is 10.3 Å². The minimum atomic E-state index is 0.0949. The number of rotatable bonds is 6. The minimum Gasteiger partial charge on any atom is -0.466 e. The number of nitrogens with zero attached hydrogens (tertiary/aromatic N) is 2. The van der Waals surface area contributed by atoms with Crippen LogP contribution in [0.2, 0.25) is 0 Å². The molecule has 2 aromatic heterocycles. The van der Waals surface area contributed by atoms with Crippen molar-refractivity contribution in [2.24, 2.45) is 5.84 Å². The smallest absolute Gasteiger partial charge is 0.145 e. The highest BCUT2D eigenvalue weighted by Crippen LogP contribution is 2.25. The molecular weight excluding hydrogens is 266 g/mol. The molecule has 0 aliphatic carbocycles. The molecule has 0 fully saturated rings. The maximum atomic E-state index is 5.58. The summed E-state index contributed by atoms with van der Waals surface area (Å²) < 4.78 is 5.58. The summed E-state index contributed by atoms with van der Waals surface area (Å²) >= 11 is 0. The normalized spacial score (nSPS) is 12.2. The molecule has 0 radical (unpaired) electrons. The Balaban J connectivity index is 2.21. The van der Waals surface area contributed by atoms with Crippen LogP contribution < -0.4 is 16.6 Å². The van der Waals surface area contributed by atoms with Gasteiger partial charge in [0.1, 0.15) is 29.0 Å². The Labute approximate surface area is 125 Å². The Morgan fingerprint density at radius 2 is 1.95 bits per heavy atom. The molecule has 0 saturated heterocycles. The van der Waals surface area contributed by atoms with E-state index in [9.17, 15) is 0 Å². The second kappa shape index (κ2) is 6.58. The van der Waals surface area contributed by atoms with Crippen LogP contribution in [-0.4, -0.2) is 9.97 Å². The molecule has 114 valence electrons. The van der Waals surface area contributed by atoms with Gasteiger partial charge >= 0.3 is 0 Å². The summed E-state index contributed by atoms with van der Waals surface area (Å²) in [6.45, 7) is 8.09. The quantitative estimate of drug-likeness (QED) is 0.559. The molecule has 2 aromatic rings. The lowest BCUT2D eigenvalue weighted by molar-refractivity contribution is 0.499. The Morgan fingerprint density at radius 3 is 2.52 bits per heavy atom. The molecule has 0 spiro atoms. The molecule has 0 bridgehead atoms. The first-order valence-electron chi connectivity index (χ1n) is 7.21. The SMILES string of the molecule is CCCc1nc(NN)cc(NC(C)c2cc(C)oc2C)n1. The van der Waals surface area contributed by atoms with E-state index >= 15 is 0 Å². The molecule has 6 nitrogen and oxygen atoms in total. The van der Waals surface area contributed by atoms with Gasteiger partial charge in [-0.1, -0.05) is 6.92 Å². The second-order valence-corrected chi connectivity index (χ2v) is 5.18. The van der Waals surface area contributed by atoms with E-state index in [0.29, 0.717) is 5.82 Å². The maximum absolute atomic E-state index is 5.58. The zero-order valence-electron chi connectivity index (χ0n) is 13.0. The monoisotopic (exact) mass is 289 g/mol. The van der Waals surface area contributed by atoms with E-state index in [0.717, 1.165) is 41.6 Å². The van der Waals surface area contributed by atoms with Gasteiger partial charge in [-0.3, -0.25) is 0 Å². The lowest BCUT2D eigenvalue weighted by Gasteiger charge is -2.15. The van der Waals surface area contributed by atoms with Gasteiger partial charge in [-0.25, -0.2) is 15.8 Å². The molecule has 1 unspecified atom stereocenters. The number of anilines is 2. The van der Waals surface area contributed by atoms with E-state index < -0.39 is 0 Å². The van der Waals surface area contributed by atoms with Gasteiger partial charge in [-0.15, -0.1) is 0 Å². The molecule has 0 aliphatic rings. The second-order valence-electron chi connectivity index (χ2n) is 5.18. The number of hydrogen-bond acceptors (Lipinski definition) is 6. The predicted octanol–water partition coefficient (Wildman–Crippen LogP) is 3.10. The average molecular weight is 289 g/mol. The fourth-order valence-electron chi connectivity index (χ4n) is 2.36. The van der Waals surface area contributed by atoms with E-state index in [1.807, 2.05) is 19.9 Å². The molecule has 2 rings (SSSR count). The summed E-state index contributed by atoms with van der Waals surface area (Å²) in [6.07, 6.45) is 1.81. The summed E-state index contributed by atoms with van der Waals surface area (Å²) in [5.74, 6) is 9.46. The third-order valence-electron chi connectivity index (χ3n) is 3.30. The molecule has 2 heterocycles. The standard InChI is InChI=1S/C15H23N5O/c1-5-6-13-18-14(8-15(19-13)20-16)17-10(3)12-7-9(2)21-11(12)4/h7-8,10H,5-6,16H2,1-4H3,(H2,17,18,19,20). The topological polar surface area (TPSA) is 89.0 Å². The van der Waals surface area contributed by atoms with Crippen LogP contribution >= 0.6 is 0 Å².